The summed E-state index contributed by atoms with van der Waals surface area (Å²) in [6.45, 7) is 2.88. The van der Waals surface area contributed by atoms with Gasteiger partial charge in [0.15, 0.2) is 12.6 Å². The van der Waals surface area contributed by atoms with Crippen molar-refractivity contribution < 1.29 is 64.6 Å². The molecule has 12 atom stereocenters. The lowest BCUT2D eigenvalue weighted by Gasteiger charge is -2.46. The van der Waals surface area contributed by atoms with Crippen LogP contribution in [0.5, 0.6) is 0 Å². The van der Waals surface area contributed by atoms with Crippen LogP contribution < -0.4 is 5.32 Å². The Morgan fingerprint density at radius 3 is 1.30 bits per heavy atom. The Hall–Kier alpha value is -1.53. The summed E-state index contributed by atoms with van der Waals surface area (Å²) in [4.78, 5) is 13.3. The Balaban J connectivity index is 1.69. The molecule has 2 rings (SSSR count). The van der Waals surface area contributed by atoms with Crippen molar-refractivity contribution in [3.63, 3.8) is 0 Å². The number of unbranched alkanes of at least 4 members (excludes halogenated alkanes) is 35. The van der Waals surface area contributed by atoms with E-state index in [0.29, 0.717) is 12.8 Å². The maximum absolute atomic E-state index is 13.3. The van der Waals surface area contributed by atoms with Crippen LogP contribution in [0.15, 0.2) is 24.3 Å². The highest BCUT2D eigenvalue weighted by Gasteiger charge is 2.51. The summed E-state index contributed by atoms with van der Waals surface area (Å²) in [6.07, 6.45) is 41.8. The minimum Gasteiger partial charge on any atom is -0.394 e. The van der Waals surface area contributed by atoms with Gasteiger partial charge < -0.3 is 65.1 Å². The standard InChI is InChI=1S/C63H119NO13/c1-3-5-7-9-11-13-15-17-19-21-22-23-24-25-26-27-28-29-30-31-33-35-37-39-41-43-45-47-55(68)64-51(52(67)46-44-42-40-38-36-34-32-20-18-16-14-12-10-8-6-4-2)50-74-62-60(73)58(71)61(54(49-66)76-62)77-63-59(72)57(70)56(69)53(48-65)75-63/h15,17,21-22,51-54,56-63,65-67,69-73H,3-14,16,18-20,23-50H2,1-2H3,(H,64,68)/b17-15-,22-21-. The molecule has 12 unspecified atom stereocenters. The van der Waals surface area contributed by atoms with Crippen molar-refractivity contribution in [2.75, 3.05) is 19.8 Å². The molecule has 0 aromatic heterocycles. The maximum atomic E-state index is 13.3. The van der Waals surface area contributed by atoms with Crippen LogP contribution in [0.1, 0.15) is 277 Å². The molecular formula is C63H119NO13. The summed E-state index contributed by atoms with van der Waals surface area (Å²) in [5, 5.41) is 87.4. The van der Waals surface area contributed by atoms with Crippen molar-refractivity contribution in [3.8, 4) is 0 Å². The third kappa shape index (κ3) is 34.5. The van der Waals surface area contributed by atoms with Gasteiger partial charge in [-0.3, -0.25) is 4.79 Å². The molecule has 454 valence electrons. The van der Waals surface area contributed by atoms with Crippen LogP contribution in [0.2, 0.25) is 0 Å². The van der Waals surface area contributed by atoms with E-state index in [1.165, 1.54) is 193 Å². The lowest BCUT2D eigenvalue weighted by Crippen LogP contribution is -2.65. The van der Waals surface area contributed by atoms with E-state index in [-0.39, 0.29) is 12.5 Å². The number of aliphatic hydroxyl groups is 8. The second kappa shape index (κ2) is 49.1. The molecular weight excluding hydrogens is 979 g/mol. The van der Waals surface area contributed by atoms with Crippen molar-refractivity contribution >= 4 is 5.91 Å². The average molecular weight is 1100 g/mol. The highest BCUT2D eigenvalue weighted by molar-refractivity contribution is 5.76. The van der Waals surface area contributed by atoms with Gasteiger partial charge >= 0.3 is 0 Å². The van der Waals surface area contributed by atoms with Gasteiger partial charge in [0.05, 0.1) is 32.0 Å². The Bertz CT molecular complexity index is 1390. The zero-order valence-corrected chi connectivity index (χ0v) is 49.0. The summed E-state index contributed by atoms with van der Waals surface area (Å²) in [7, 11) is 0. The van der Waals surface area contributed by atoms with E-state index in [9.17, 15) is 45.6 Å². The summed E-state index contributed by atoms with van der Waals surface area (Å²) >= 11 is 0. The van der Waals surface area contributed by atoms with Crippen LogP contribution in [-0.2, 0) is 23.7 Å². The van der Waals surface area contributed by atoms with E-state index in [1.54, 1.807) is 0 Å². The summed E-state index contributed by atoms with van der Waals surface area (Å²) in [5.41, 5.74) is 0. The van der Waals surface area contributed by atoms with Crippen molar-refractivity contribution in [3.05, 3.63) is 24.3 Å². The lowest BCUT2D eigenvalue weighted by molar-refractivity contribution is -0.359. The molecule has 0 aromatic carbocycles. The number of allylic oxidation sites excluding steroid dienone is 4. The number of carbonyl (C=O) groups excluding carboxylic acids is 1. The number of hydrogen-bond donors (Lipinski definition) is 9. The topological polar surface area (TPSA) is 228 Å². The van der Waals surface area contributed by atoms with Gasteiger partial charge in [0, 0.05) is 6.42 Å². The highest BCUT2D eigenvalue weighted by Crippen LogP contribution is 2.30. The molecule has 2 heterocycles. The van der Waals surface area contributed by atoms with Crippen LogP contribution in [-0.4, -0.2) is 140 Å². The van der Waals surface area contributed by atoms with Crippen LogP contribution in [0.25, 0.3) is 0 Å². The molecule has 77 heavy (non-hydrogen) atoms. The summed E-state index contributed by atoms with van der Waals surface area (Å²) in [5.74, 6) is -0.203. The first-order valence-electron chi connectivity index (χ1n) is 32.1. The van der Waals surface area contributed by atoms with Gasteiger partial charge in [0.2, 0.25) is 5.91 Å². The van der Waals surface area contributed by atoms with Gasteiger partial charge in [-0.05, 0) is 44.9 Å². The largest absolute Gasteiger partial charge is 0.394 e. The minimum absolute atomic E-state index is 0.203. The van der Waals surface area contributed by atoms with Crippen LogP contribution >= 0.6 is 0 Å². The zero-order chi connectivity index (χ0) is 56.0. The van der Waals surface area contributed by atoms with E-state index in [0.717, 1.165) is 57.8 Å². The quantitative estimate of drug-likeness (QED) is 0.0204. The fourth-order valence-corrected chi connectivity index (χ4v) is 10.7. The molecule has 14 heteroatoms. The van der Waals surface area contributed by atoms with E-state index in [4.69, 9.17) is 18.9 Å². The second-order valence-corrected chi connectivity index (χ2v) is 22.9. The maximum Gasteiger partial charge on any atom is 0.220 e. The number of rotatable bonds is 52. The smallest absolute Gasteiger partial charge is 0.220 e. The van der Waals surface area contributed by atoms with Gasteiger partial charge in [-0.15, -0.1) is 0 Å². The fourth-order valence-electron chi connectivity index (χ4n) is 10.7. The number of nitrogens with one attached hydrogen (secondary N) is 1. The minimum atomic E-state index is -1.78. The van der Waals surface area contributed by atoms with Gasteiger partial charge in [-0.25, -0.2) is 0 Å². The molecule has 0 aromatic rings. The molecule has 0 radical (unpaired) electrons. The molecule has 2 fully saturated rings. The van der Waals surface area contributed by atoms with E-state index in [2.05, 4.69) is 43.5 Å². The molecule has 2 aliphatic rings. The second-order valence-electron chi connectivity index (χ2n) is 22.9. The predicted molar refractivity (Wildman–Crippen MR) is 309 cm³/mol. The molecule has 0 bridgehead atoms. The van der Waals surface area contributed by atoms with Crippen molar-refractivity contribution in [2.45, 2.75) is 351 Å². The van der Waals surface area contributed by atoms with E-state index < -0.39 is 86.8 Å². The third-order valence-electron chi connectivity index (χ3n) is 15.9. The van der Waals surface area contributed by atoms with Gasteiger partial charge in [0.1, 0.15) is 48.8 Å². The Labute approximate surface area is 468 Å². The predicted octanol–water partition coefficient (Wildman–Crippen LogP) is 11.6. The number of ether oxygens (including phenoxy) is 4. The lowest BCUT2D eigenvalue weighted by atomic mass is 9.97. The monoisotopic (exact) mass is 1100 g/mol. The molecule has 2 aliphatic heterocycles. The molecule has 0 spiro atoms. The molecule has 14 nitrogen and oxygen atoms in total. The van der Waals surface area contributed by atoms with Gasteiger partial charge in [0.25, 0.3) is 0 Å². The fraction of sp³-hybridized carbons (Fsp3) is 0.921. The number of amides is 1. The number of hydrogen-bond acceptors (Lipinski definition) is 13. The SMILES string of the molecule is CCCCCCC/C=C\C/C=C\CCCCCCCCCCCCCCCCCC(=O)NC(COC1OC(CO)C(OC2OC(CO)C(O)C(O)C2O)C(O)C1O)C(O)CCCCCCCCCCCCCCCCCC. The Morgan fingerprint density at radius 2 is 0.857 bits per heavy atom. The average Bonchev–Trinajstić information content (AvgIpc) is 3.43. The van der Waals surface area contributed by atoms with Crippen molar-refractivity contribution in [1.29, 1.82) is 0 Å². The summed E-state index contributed by atoms with van der Waals surface area (Å²) < 4.78 is 22.9. The molecule has 1 amide bonds. The molecule has 2 saturated heterocycles. The molecule has 9 N–H and O–H groups in total. The first-order valence-corrected chi connectivity index (χ1v) is 32.1. The zero-order valence-electron chi connectivity index (χ0n) is 49.0. The van der Waals surface area contributed by atoms with Crippen molar-refractivity contribution in [2.24, 2.45) is 0 Å². The highest BCUT2D eigenvalue weighted by atomic mass is 16.7. The Kier molecular flexibility index (Phi) is 45.7. The van der Waals surface area contributed by atoms with Crippen LogP contribution in [0.3, 0.4) is 0 Å². The van der Waals surface area contributed by atoms with Gasteiger partial charge in [-0.2, -0.15) is 0 Å². The van der Waals surface area contributed by atoms with Crippen molar-refractivity contribution in [1.82, 2.24) is 5.32 Å². The van der Waals surface area contributed by atoms with E-state index in [1.807, 2.05) is 0 Å². The Morgan fingerprint density at radius 1 is 0.468 bits per heavy atom. The number of carbonyl (C=O) groups is 1. The van der Waals surface area contributed by atoms with Gasteiger partial charge in [-0.1, -0.05) is 250 Å². The summed E-state index contributed by atoms with van der Waals surface area (Å²) in [6, 6.07) is -0.827. The normalized spacial score (nSPS) is 24.8. The van der Waals surface area contributed by atoms with Crippen LogP contribution in [0.4, 0.5) is 0 Å². The first kappa shape index (κ1) is 71.6. The van der Waals surface area contributed by atoms with E-state index >= 15 is 0 Å². The first-order chi connectivity index (χ1) is 37.6. The molecule has 0 saturated carbocycles. The molecule has 0 aliphatic carbocycles. The number of aliphatic hydroxyl groups excluding tert-OH is 8. The van der Waals surface area contributed by atoms with Crippen LogP contribution in [0, 0.1) is 0 Å². The third-order valence-corrected chi connectivity index (χ3v) is 15.9.